The Labute approximate surface area is 106 Å². The second kappa shape index (κ2) is 4.60. The summed E-state index contributed by atoms with van der Waals surface area (Å²) in [6.07, 6.45) is -1.38. The van der Waals surface area contributed by atoms with Crippen LogP contribution >= 0.6 is 0 Å². The van der Waals surface area contributed by atoms with Gasteiger partial charge >= 0.3 is 0 Å². The van der Waals surface area contributed by atoms with Crippen LogP contribution in [-0.2, 0) is 0 Å². The smallest absolute Gasteiger partial charge is 0.280 e. The normalized spacial score (nSPS) is 11.1. The van der Waals surface area contributed by atoms with E-state index in [1.165, 1.54) is 16.9 Å². The fourth-order valence-corrected chi connectivity index (χ4v) is 1.70. The highest BCUT2D eigenvalue weighted by Gasteiger charge is 2.14. The van der Waals surface area contributed by atoms with E-state index in [1.54, 1.807) is 0 Å². The molecule has 96 valence electrons. The average Bonchev–Trinajstić information content (AvgIpc) is 2.88. The minimum atomic E-state index is -2.65. The topological polar surface area (TPSA) is 55.1 Å². The van der Waals surface area contributed by atoms with E-state index in [0.29, 0.717) is 5.82 Å². The van der Waals surface area contributed by atoms with Gasteiger partial charge in [0.05, 0.1) is 0 Å². The van der Waals surface area contributed by atoms with Gasteiger partial charge < -0.3 is 5.32 Å². The third kappa shape index (κ3) is 2.22. The van der Waals surface area contributed by atoms with Crippen molar-refractivity contribution < 1.29 is 8.78 Å². The van der Waals surface area contributed by atoms with Gasteiger partial charge in [-0.25, -0.2) is 13.8 Å². The minimum Gasteiger partial charge on any atom is -0.340 e. The van der Waals surface area contributed by atoms with E-state index in [2.05, 4.69) is 20.4 Å². The van der Waals surface area contributed by atoms with Crippen LogP contribution in [0, 0.1) is 0 Å². The Morgan fingerprint density at radius 3 is 2.68 bits per heavy atom. The summed E-state index contributed by atoms with van der Waals surface area (Å²) in [7, 11) is 0. The molecule has 5 nitrogen and oxygen atoms in total. The average molecular weight is 261 g/mol. The van der Waals surface area contributed by atoms with Crippen LogP contribution < -0.4 is 5.32 Å². The lowest BCUT2D eigenvalue weighted by atomic mass is 10.3. The van der Waals surface area contributed by atoms with Gasteiger partial charge in [-0.15, -0.1) is 0 Å². The van der Waals surface area contributed by atoms with E-state index < -0.39 is 6.43 Å². The summed E-state index contributed by atoms with van der Waals surface area (Å²) < 4.78 is 26.9. The van der Waals surface area contributed by atoms with Crippen molar-refractivity contribution in [3.8, 4) is 0 Å². The van der Waals surface area contributed by atoms with Crippen LogP contribution in [-0.4, -0.2) is 19.6 Å². The number of rotatable bonds is 3. The maximum atomic E-state index is 12.8. The lowest BCUT2D eigenvalue weighted by molar-refractivity contribution is 0.146. The van der Waals surface area contributed by atoms with Gasteiger partial charge in [0.2, 0.25) is 0 Å². The molecule has 19 heavy (non-hydrogen) atoms. The summed E-state index contributed by atoms with van der Waals surface area (Å²) in [5.41, 5.74) is 0.435. The van der Waals surface area contributed by atoms with Gasteiger partial charge in [-0.1, -0.05) is 18.2 Å². The lowest BCUT2D eigenvalue weighted by Gasteiger charge is -2.09. The Balaban J connectivity index is 2.08. The summed E-state index contributed by atoms with van der Waals surface area (Å²) >= 11 is 0. The molecule has 0 aliphatic rings. The number of benzene rings is 1. The van der Waals surface area contributed by atoms with Crippen molar-refractivity contribution >= 4 is 17.3 Å². The molecule has 0 aliphatic heterocycles. The first kappa shape index (κ1) is 11.5. The fraction of sp³-hybridized carbons (Fsp3) is 0.0833. The van der Waals surface area contributed by atoms with E-state index in [4.69, 9.17) is 0 Å². The van der Waals surface area contributed by atoms with Crippen LogP contribution in [0.4, 0.5) is 20.3 Å². The van der Waals surface area contributed by atoms with E-state index in [1.807, 2.05) is 30.3 Å². The molecule has 3 rings (SSSR count). The van der Waals surface area contributed by atoms with Gasteiger partial charge in [-0.2, -0.15) is 14.6 Å². The second-order valence-electron chi connectivity index (χ2n) is 3.83. The molecule has 1 aromatic carbocycles. The highest BCUT2D eigenvalue weighted by atomic mass is 19.3. The van der Waals surface area contributed by atoms with Gasteiger partial charge in [0, 0.05) is 11.8 Å². The number of para-hydroxylation sites is 1. The first-order valence-corrected chi connectivity index (χ1v) is 5.55. The van der Waals surface area contributed by atoms with Crippen molar-refractivity contribution in [2.45, 2.75) is 6.43 Å². The zero-order chi connectivity index (χ0) is 13.2. The molecule has 0 atom stereocenters. The SMILES string of the molecule is FC(F)c1cc(Nc2ccccc2)n2ncnc2n1. The maximum Gasteiger partial charge on any atom is 0.280 e. The predicted octanol–water partition coefficient (Wildman–Crippen LogP) is 2.81. The summed E-state index contributed by atoms with van der Waals surface area (Å²) in [5.74, 6) is 0.528. The lowest BCUT2D eigenvalue weighted by Crippen LogP contribution is -2.04. The van der Waals surface area contributed by atoms with Gasteiger partial charge in [0.15, 0.2) is 0 Å². The van der Waals surface area contributed by atoms with Crippen molar-refractivity contribution in [3.05, 3.63) is 48.4 Å². The van der Waals surface area contributed by atoms with Crippen LogP contribution in [0.15, 0.2) is 42.7 Å². The van der Waals surface area contributed by atoms with Crippen molar-refractivity contribution in [3.63, 3.8) is 0 Å². The van der Waals surface area contributed by atoms with E-state index in [0.717, 1.165) is 5.69 Å². The van der Waals surface area contributed by atoms with Gasteiger partial charge in [-0.05, 0) is 12.1 Å². The highest BCUT2D eigenvalue weighted by molar-refractivity contribution is 5.58. The molecule has 0 saturated heterocycles. The number of halogens is 2. The molecule has 2 aromatic heterocycles. The highest BCUT2D eigenvalue weighted by Crippen LogP contribution is 2.22. The molecule has 0 saturated carbocycles. The molecule has 0 fully saturated rings. The standard InChI is InChI=1S/C12H9F2N5/c13-11(14)9-6-10(17-8-4-2-1-3-5-8)19-12(18-9)15-7-16-19/h1-7,11,17H. The molecule has 1 N–H and O–H groups in total. The Kier molecular flexibility index (Phi) is 2.79. The number of aromatic nitrogens is 4. The van der Waals surface area contributed by atoms with Crippen molar-refractivity contribution in [1.29, 1.82) is 0 Å². The van der Waals surface area contributed by atoms with Crippen molar-refractivity contribution in [2.75, 3.05) is 5.32 Å². The quantitative estimate of drug-likeness (QED) is 0.787. The number of alkyl halides is 2. The molecule has 0 radical (unpaired) electrons. The Bertz CT molecular complexity index is 696. The zero-order valence-electron chi connectivity index (χ0n) is 9.66. The summed E-state index contributed by atoms with van der Waals surface area (Å²) in [6.45, 7) is 0. The second-order valence-corrected chi connectivity index (χ2v) is 3.83. The molecule has 0 spiro atoms. The first-order chi connectivity index (χ1) is 9.24. The Morgan fingerprint density at radius 2 is 1.95 bits per heavy atom. The van der Waals surface area contributed by atoms with Crippen molar-refractivity contribution in [1.82, 2.24) is 19.6 Å². The van der Waals surface area contributed by atoms with Crippen LogP contribution in [0.5, 0.6) is 0 Å². The predicted molar refractivity (Wildman–Crippen MR) is 65.5 cm³/mol. The summed E-state index contributed by atoms with van der Waals surface area (Å²) in [5, 5.41) is 6.97. The van der Waals surface area contributed by atoms with Gasteiger partial charge in [0.1, 0.15) is 17.8 Å². The summed E-state index contributed by atoms with van der Waals surface area (Å²) in [4.78, 5) is 7.57. The Morgan fingerprint density at radius 1 is 1.16 bits per heavy atom. The molecule has 0 bridgehead atoms. The fourth-order valence-electron chi connectivity index (χ4n) is 1.70. The van der Waals surface area contributed by atoms with Crippen LogP contribution in [0.2, 0.25) is 0 Å². The summed E-state index contributed by atoms with van der Waals surface area (Å²) in [6, 6.07) is 10.5. The Hall–Kier alpha value is -2.57. The third-order valence-corrected chi connectivity index (χ3v) is 2.54. The number of fused-ring (bicyclic) bond motifs is 1. The molecule has 0 aliphatic carbocycles. The number of nitrogens with zero attached hydrogens (tertiary/aromatic N) is 4. The number of anilines is 2. The van der Waals surface area contributed by atoms with Crippen LogP contribution in [0.3, 0.4) is 0 Å². The number of nitrogens with one attached hydrogen (secondary N) is 1. The molecule has 3 aromatic rings. The van der Waals surface area contributed by atoms with Gasteiger partial charge in [0.25, 0.3) is 12.2 Å². The van der Waals surface area contributed by atoms with E-state index >= 15 is 0 Å². The largest absolute Gasteiger partial charge is 0.340 e. The molecule has 2 heterocycles. The minimum absolute atomic E-state index is 0.135. The van der Waals surface area contributed by atoms with Crippen LogP contribution in [0.25, 0.3) is 5.78 Å². The van der Waals surface area contributed by atoms with Gasteiger partial charge in [-0.3, -0.25) is 0 Å². The van der Waals surface area contributed by atoms with Crippen LogP contribution in [0.1, 0.15) is 12.1 Å². The first-order valence-electron chi connectivity index (χ1n) is 5.55. The molecule has 0 unspecified atom stereocenters. The zero-order valence-corrected chi connectivity index (χ0v) is 9.66. The monoisotopic (exact) mass is 261 g/mol. The molecular weight excluding hydrogens is 252 g/mol. The molecule has 7 heteroatoms. The molecule has 0 amide bonds. The maximum absolute atomic E-state index is 12.8. The molecular formula is C12H9F2N5. The number of hydrogen-bond donors (Lipinski definition) is 1. The number of hydrogen-bond acceptors (Lipinski definition) is 4. The van der Waals surface area contributed by atoms with Crippen molar-refractivity contribution in [2.24, 2.45) is 0 Å². The third-order valence-electron chi connectivity index (χ3n) is 2.54. The van der Waals surface area contributed by atoms with E-state index in [9.17, 15) is 8.78 Å². The van der Waals surface area contributed by atoms with E-state index in [-0.39, 0.29) is 11.5 Å².